The number of ether oxygens (including phenoxy) is 1. The van der Waals surface area contributed by atoms with Crippen molar-refractivity contribution >= 4 is 15.9 Å². The Kier molecular flexibility index (Phi) is 6.78. The maximum absolute atomic E-state index is 13.2. The highest BCUT2D eigenvalue weighted by molar-refractivity contribution is 7.89. The Morgan fingerprint density at radius 2 is 1.71 bits per heavy atom. The van der Waals surface area contributed by atoms with Gasteiger partial charge in [-0.05, 0) is 56.7 Å². The molecule has 1 aromatic carbocycles. The van der Waals surface area contributed by atoms with E-state index in [1.54, 1.807) is 10.4 Å². The van der Waals surface area contributed by atoms with Crippen LogP contribution in [0, 0.1) is 13.8 Å². The van der Waals surface area contributed by atoms with E-state index in [0.29, 0.717) is 50.5 Å². The van der Waals surface area contributed by atoms with Crippen LogP contribution in [0.5, 0.6) is 0 Å². The molecular weight excluding hydrogens is 376 g/mol. The van der Waals surface area contributed by atoms with Crippen LogP contribution in [0.3, 0.4) is 0 Å². The Hall–Kier alpha value is -1.44. The number of rotatable bonds is 5. The highest BCUT2D eigenvalue weighted by Gasteiger charge is 2.36. The molecule has 0 N–H and O–H groups in total. The number of sulfonamides is 1. The highest BCUT2D eigenvalue weighted by atomic mass is 32.2. The fourth-order valence-electron chi connectivity index (χ4n) is 4.34. The van der Waals surface area contributed by atoms with Crippen LogP contribution in [0.4, 0.5) is 0 Å². The molecule has 2 heterocycles. The number of amides is 1. The van der Waals surface area contributed by atoms with E-state index in [2.05, 4.69) is 0 Å². The second kappa shape index (κ2) is 8.93. The van der Waals surface area contributed by atoms with Crippen molar-refractivity contribution in [1.29, 1.82) is 0 Å². The molecule has 2 aliphatic heterocycles. The van der Waals surface area contributed by atoms with Gasteiger partial charge in [0.15, 0.2) is 0 Å². The molecular formula is C21H32N2O4S. The van der Waals surface area contributed by atoms with E-state index in [-0.39, 0.29) is 18.0 Å². The molecule has 0 saturated carbocycles. The third-order valence-electron chi connectivity index (χ3n) is 5.95. The van der Waals surface area contributed by atoms with E-state index >= 15 is 0 Å². The molecule has 2 fully saturated rings. The summed E-state index contributed by atoms with van der Waals surface area (Å²) in [7, 11) is -3.51. The number of hydrogen-bond acceptors (Lipinski definition) is 4. The summed E-state index contributed by atoms with van der Waals surface area (Å²) in [4.78, 5) is 15.1. The first kappa shape index (κ1) is 21.3. The molecule has 6 nitrogen and oxygen atoms in total. The fraction of sp³-hybridized carbons (Fsp3) is 0.667. The molecule has 0 unspecified atom stereocenters. The summed E-state index contributed by atoms with van der Waals surface area (Å²) < 4.78 is 33.4. The molecule has 2 saturated heterocycles. The Morgan fingerprint density at radius 1 is 1.11 bits per heavy atom. The maximum Gasteiger partial charge on any atom is 0.243 e. The number of aryl methyl sites for hydroxylation is 2. The third-order valence-corrected chi connectivity index (χ3v) is 7.99. The Balaban J connectivity index is 1.73. The lowest BCUT2D eigenvalue weighted by atomic mass is 9.98. The molecule has 0 bridgehead atoms. The van der Waals surface area contributed by atoms with Crippen LogP contribution in [-0.4, -0.2) is 61.9 Å². The number of hydrogen-bond donors (Lipinski definition) is 0. The average molecular weight is 409 g/mol. The topological polar surface area (TPSA) is 66.9 Å². The van der Waals surface area contributed by atoms with Crippen LogP contribution in [0.2, 0.25) is 0 Å². The lowest BCUT2D eigenvalue weighted by molar-refractivity contribution is -0.139. The minimum absolute atomic E-state index is 0.112. The van der Waals surface area contributed by atoms with Crippen LogP contribution >= 0.6 is 0 Å². The van der Waals surface area contributed by atoms with Gasteiger partial charge in [0.2, 0.25) is 15.9 Å². The Bertz CT molecular complexity index is 795. The molecule has 156 valence electrons. The van der Waals surface area contributed by atoms with Gasteiger partial charge in [0.25, 0.3) is 0 Å². The number of piperidine rings is 1. The lowest BCUT2D eigenvalue weighted by Gasteiger charge is -2.43. The molecule has 0 atom stereocenters. The minimum atomic E-state index is -3.51. The van der Waals surface area contributed by atoms with Gasteiger partial charge in [-0.1, -0.05) is 19.1 Å². The number of carbonyl (C=O) groups is 1. The van der Waals surface area contributed by atoms with E-state index in [1.165, 1.54) is 0 Å². The van der Waals surface area contributed by atoms with Crippen molar-refractivity contribution in [2.75, 3.05) is 26.3 Å². The molecule has 1 amide bonds. The van der Waals surface area contributed by atoms with Gasteiger partial charge in [0.05, 0.1) is 4.90 Å². The molecule has 2 aliphatic rings. The Morgan fingerprint density at radius 3 is 2.32 bits per heavy atom. The molecule has 0 spiro atoms. The monoisotopic (exact) mass is 408 g/mol. The Labute approximate surface area is 168 Å². The largest absolute Gasteiger partial charge is 0.381 e. The SMILES string of the molecule is CCC(=O)N(C1CCOCC1)C1CCN(S(=O)(=O)c2cc(C)ccc2C)CC1. The predicted octanol–water partition coefficient (Wildman–Crippen LogP) is 2.87. The van der Waals surface area contributed by atoms with E-state index in [1.807, 2.05) is 37.8 Å². The van der Waals surface area contributed by atoms with Gasteiger partial charge in [0.1, 0.15) is 0 Å². The van der Waals surface area contributed by atoms with Crippen LogP contribution in [0.15, 0.2) is 23.1 Å². The zero-order valence-electron chi connectivity index (χ0n) is 17.2. The highest BCUT2D eigenvalue weighted by Crippen LogP contribution is 2.28. The molecule has 7 heteroatoms. The van der Waals surface area contributed by atoms with Crippen molar-refractivity contribution in [3.63, 3.8) is 0 Å². The first-order chi connectivity index (χ1) is 13.3. The van der Waals surface area contributed by atoms with Gasteiger partial charge in [-0.3, -0.25) is 4.79 Å². The summed E-state index contributed by atoms with van der Waals surface area (Å²) in [6, 6.07) is 5.88. The summed E-state index contributed by atoms with van der Waals surface area (Å²) in [5.41, 5.74) is 1.72. The van der Waals surface area contributed by atoms with Crippen LogP contribution in [-0.2, 0) is 19.6 Å². The molecule has 1 aromatic rings. The number of nitrogens with zero attached hydrogens (tertiary/aromatic N) is 2. The van der Waals surface area contributed by atoms with Gasteiger partial charge < -0.3 is 9.64 Å². The molecule has 0 aromatic heterocycles. The van der Waals surface area contributed by atoms with Gasteiger partial charge >= 0.3 is 0 Å². The van der Waals surface area contributed by atoms with Gasteiger partial charge in [-0.2, -0.15) is 4.31 Å². The summed E-state index contributed by atoms with van der Waals surface area (Å²) in [5, 5.41) is 0. The van der Waals surface area contributed by atoms with Crippen LogP contribution < -0.4 is 0 Å². The average Bonchev–Trinajstić information content (AvgIpc) is 2.71. The van der Waals surface area contributed by atoms with Crippen molar-refractivity contribution in [3.05, 3.63) is 29.3 Å². The summed E-state index contributed by atoms with van der Waals surface area (Å²) in [6.45, 7) is 7.94. The lowest BCUT2D eigenvalue weighted by Crippen LogP contribution is -2.53. The zero-order chi connectivity index (χ0) is 20.3. The zero-order valence-corrected chi connectivity index (χ0v) is 18.0. The molecule has 0 radical (unpaired) electrons. The normalized spacial score (nSPS) is 20.2. The standard InChI is InChI=1S/C21H32N2O4S/c1-4-21(24)23(19-9-13-27-14-10-19)18-7-11-22(12-8-18)28(25,26)20-15-16(2)5-6-17(20)3/h5-6,15,18-19H,4,7-14H2,1-3H3. The first-order valence-electron chi connectivity index (χ1n) is 10.3. The first-order valence-corrected chi connectivity index (χ1v) is 11.7. The van der Waals surface area contributed by atoms with E-state index in [0.717, 1.165) is 24.0 Å². The summed E-state index contributed by atoms with van der Waals surface area (Å²) >= 11 is 0. The fourth-order valence-corrected chi connectivity index (χ4v) is 6.12. The van der Waals surface area contributed by atoms with E-state index < -0.39 is 10.0 Å². The summed E-state index contributed by atoms with van der Waals surface area (Å²) in [6.07, 6.45) is 3.60. The van der Waals surface area contributed by atoms with Crippen molar-refractivity contribution < 1.29 is 17.9 Å². The third kappa shape index (κ3) is 4.42. The van der Waals surface area contributed by atoms with Crippen molar-refractivity contribution in [3.8, 4) is 0 Å². The number of carbonyl (C=O) groups excluding carboxylic acids is 1. The molecule has 3 rings (SSSR count). The second-order valence-corrected chi connectivity index (χ2v) is 9.81. The van der Waals surface area contributed by atoms with Crippen molar-refractivity contribution in [2.45, 2.75) is 69.9 Å². The summed E-state index contributed by atoms with van der Waals surface area (Å²) in [5.74, 6) is 0.169. The predicted molar refractivity (Wildman–Crippen MR) is 109 cm³/mol. The van der Waals surface area contributed by atoms with Crippen molar-refractivity contribution in [1.82, 2.24) is 9.21 Å². The van der Waals surface area contributed by atoms with Crippen LogP contribution in [0.1, 0.15) is 50.2 Å². The maximum atomic E-state index is 13.2. The van der Waals surface area contributed by atoms with E-state index in [4.69, 9.17) is 4.74 Å². The van der Waals surface area contributed by atoms with Crippen molar-refractivity contribution in [2.24, 2.45) is 0 Å². The molecule has 28 heavy (non-hydrogen) atoms. The van der Waals surface area contributed by atoms with Gasteiger partial charge in [-0.25, -0.2) is 8.42 Å². The minimum Gasteiger partial charge on any atom is -0.381 e. The number of benzene rings is 1. The van der Waals surface area contributed by atoms with E-state index in [9.17, 15) is 13.2 Å². The molecule has 0 aliphatic carbocycles. The van der Waals surface area contributed by atoms with Crippen LogP contribution in [0.25, 0.3) is 0 Å². The second-order valence-electron chi connectivity index (χ2n) is 7.90. The van der Waals surface area contributed by atoms with Gasteiger partial charge in [-0.15, -0.1) is 0 Å². The van der Waals surface area contributed by atoms with Gasteiger partial charge in [0, 0.05) is 44.8 Å². The smallest absolute Gasteiger partial charge is 0.243 e. The quantitative estimate of drug-likeness (QED) is 0.751.